The maximum Gasteiger partial charge on any atom is 0.500 e. The molecule has 15 heteroatoms. The van der Waals surface area contributed by atoms with E-state index >= 15 is 0 Å². The Labute approximate surface area is 251 Å². The van der Waals surface area contributed by atoms with Gasteiger partial charge in [0.15, 0.2) is 0 Å². The van der Waals surface area contributed by atoms with Crippen LogP contribution in [-0.4, -0.2) is 104 Å². The van der Waals surface area contributed by atoms with Crippen molar-refractivity contribution >= 4 is 63.4 Å². The highest BCUT2D eigenvalue weighted by Crippen LogP contribution is 2.19. The van der Waals surface area contributed by atoms with Gasteiger partial charge in [-0.25, -0.2) is 0 Å². The van der Waals surface area contributed by atoms with Gasteiger partial charge in [-0.05, 0) is 54.4 Å². The minimum atomic E-state index is -2.65. The van der Waals surface area contributed by atoms with Crippen molar-refractivity contribution in [2.24, 2.45) is 0 Å². The van der Waals surface area contributed by atoms with E-state index in [1.165, 1.54) is 23.5 Å². The first-order chi connectivity index (χ1) is 18.9. The number of hydrogen-bond donors (Lipinski definition) is 2. The molecule has 0 aromatic carbocycles. The van der Waals surface area contributed by atoms with Crippen LogP contribution in [0.3, 0.4) is 0 Å². The molecule has 232 valence electrons. The van der Waals surface area contributed by atoms with Crippen LogP contribution in [0.5, 0.6) is 0 Å². The van der Waals surface area contributed by atoms with Crippen LogP contribution in [0, 0.1) is 0 Å². The van der Waals surface area contributed by atoms with Crippen molar-refractivity contribution in [2.75, 3.05) is 75.7 Å². The summed E-state index contributed by atoms with van der Waals surface area (Å²) >= 11 is 4.32. The summed E-state index contributed by atoms with van der Waals surface area (Å²) < 4.78 is 35.0. The Hall–Kier alpha value is 0.184. The Morgan fingerprint density at radius 2 is 0.846 bits per heavy atom. The van der Waals surface area contributed by atoms with E-state index < -0.39 is 17.6 Å². The Morgan fingerprint density at radius 3 is 1.13 bits per heavy atom. The fourth-order valence-corrected chi connectivity index (χ4v) is 11.4. The van der Waals surface area contributed by atoms with Gasteiger partial charge in [0.1, 0.15) is 0 Å². The second-order valence-electron chi connectivity index (χ2n) is 7.91. The van der Waals surface area contributed by atoms with Crippen LogP contribution >= 0.6 is 35.3 Å². The van der Waals surface area contributed by atoms with E-state index in [2.05, 4.69) is 10.6 Å². The molecular formula is C24H52N2O8S3Si2. The van der Waals surface area contributed by atoms with E-state index in [9.17, 15) is 9.59 Å². The Bertz CT molecular complexity index is 546. The lowest BCUT2D eigenvalue weighted by molar-refractivity contribution is 0.0701. The molecule has 0 unspecified atom stereocenters. The monoisotopic (exact) mass is 648 g/mol. The number of amides is 2. The van der Waals surface area contributed by atoms with Crippen molar-refractivity contribution in [3.05, 3.63) is 0 Å². The lowest BCUT2D eigenvalue weighted by Gasteiger charge is -2.28. The predicted molar refractivity (Wildman–Crippen MR) is 169 cm³/mol. The van der Waals surface area contributed by atoms with E-state index in [-0.39, 0.29) is 10.5 Å². The number of hydrogen-bond acceptors (Lipinski definition) is 11. The quantitative estimate of drug-likeness (QED) is 0.0918. The van der Waals surface area contributed by atoms with Crippen molar-refractivity contribution in [1.29, 1.82) is 0 Å². The van der Waals surface area contributed by atoms with Gasteiger partial charge in [0.2, 0.25) is 0 Å². The molecule has 0 radical (unpaired) electrons. The van der Waals surface area contributed by atoms with E-state index in [1.54, 1.807) is 11.8 Å². The summed E-state index contributed by atoms with van der Waals surface area (Å²) in [5.41, 5.74) is 0. The first kappa shape index (κ1) is 39.2. The van der Waals surface area contributed by atoms with Gasteiger partial charge < -0.3 is 37.2 Å². The van der Waals surface area contributed by atoms with Gasteiger partial charge in [-0.3, -0.25) is 9.59 Å². The highest BCUT2D eigenvalue weighted by Gasteiger charge is 2.40. The third-order valence-electron chi connectivity index (χ3n) is 4.97. The van der Waals surface area contributed by atoms with Crippen LogP contribution in [0.25, 0.3) is 0 Å². The molecule has 0 aliphatic rings. The van der Waals surface area contributed by atoms with Crippen molar-refractivity contribution in [3.63, 3.8) is 0 Å². The van der Waals surface area contributed by atoms with Crippen LogP contribution in [0.2, 0.25) is 12.1 Å². The minimum absolute atomic E-state index is 0.0223. The summed E-state index contributed by atoms with van der Waals surface area (Å²) in [6, 6.07) is 1.37. The zero-order valence-corrected chi connectivity index (χ0v) is 29.3. The number of carbonyl (C=O) groups is 2. The van der Waals surface area contributed by atoms with Crippen molar-refractivity contribution in [2.45, 2.75) is 66.5 Å². The topological polar surface area (TPSA) is 114 Å². The summed E-state index contributed by atoms with van der Waals surface area (Å²) in [6.45, 7) is 16.1. The highest BCUT2D eigenvalue weighted by molar-refractivity contribution is 8.15. The number of carbonyl (C=O) groups excluding carboxylic acids is 2. The molecule has 0 fully saturated rings. The van der Waals surface area contributed by atoms with Crippen LogP contribution in [0.1, 0.15) is 54.4 Å². The molecule has 2 N–H and O–H groups in total. The second-order valence-corrected chi connectivity index (χ2v) is 16.7. The van der Waals surface area contributed by atoms with E-state index in [0.717, 1.165) is 35.9 Å². The number of thioether (sulfide) groups is 3. The second kappa shape index (κ2) is 25.9. The maximum atomic E-state index is 12.1. The largest absolute Gasteiger partial charge is 0.500 e. The molecule has 10 nitrogen and oxygen atoms in total. The fraction of sp³-hybridized carbons (Fsp3) is 0.917. The minimum Gasteiger partial charge on any atom is -0.374 e. The van der Waals surface area contributed by atoms with Crippen LogP contribution in [0.4, 0.5) is 9.59 Å². The van der Waals surface area contributed by atoms with Crippen LogP contribution in [-0.2, 0) is 26.6 Å². The van der Waals surface area contributed by atoms with E-state index in [0.29, 0.717) is 64.8 Å². The molecule has 39 heavy (non-hydrogen) atoms. The molecule has 2 amide bonds. The number of nitrogens with one attached hydrogen (secondary N) is 2. The van der Waals surface area contributed by atoms with Gasteiger partial charge in [0.05, 0.1) is 0 Å². The fourth-order valence-electron chi connectivity index (χ4n) is 3.58. The van der Waals surface area contributed by atoms with Crippen LogP contribution < -0.4 is 10.6 Å². The van der Waals surface area contributed by atoms with Gasteiger partial charge in [0.25, 0.3) is 10.5 Å². The van der Waals surface area contributed by atoms with Gasteiger partial charge in [-0.15, -0.1) is 0 Å². The van der Waals surface area contributed by atoms with Crippen LogP contribution in [0.15, 0.2) is 0 Å². The SMILES string of the molecule is CCO[Si](CCCNC(=O)SCCSCCSC(=O)NCCC[Si](OCC)(OCC)OCC)(OCC)OCC. The van der Waals surface area contributed by atoms with E-state index in [1.807, 2.05) is 41.5 Å². The Balaban J connectivity index is 3.91. The predicted octanol–water partition coefficient (Wildman–Crippen LogP) is 5.48. The molecule has 0 aliphatic carbocycles. The molecule has 0 rings (SSSR count). The standard InChI is InChI=1S/C24H52N2O8S3Si2/c1-7-29-38(30-8-2,31-9-3)21-13-15-25-23(27)36-19-17-35-18-20-37-24(28)26-16-14-22-39(32-10-4,33-11-5)34-12-6/h7-22H2,1-6H3,(H,25,27)(H,26,28). The Kier molecular flexibility index (Phi) is 26.0. The molecule has 0 atom stereocenters. The molecule has 0 bridgehead atoms. The molecule has 0 heterocycles. The molecule has 0 aliphatic heterocycles. The smallest absolute Gasteiger partial charge is 0.374 e. The maximum absolute atomic E-state index is 12.1. The first-order valence-electron chi connectivity index (χ1n) is 14.1. The van der Waals surface area contributed by atoms with Gasteiger partial charge in [-0.2, -0.15) is 11.8 Å². The summed E-state index contributed by atoms with van der Waals surface area (Å²) in [5, 5.41) is 5.85. The van der Waals surface area contributed by atoms with Gasteiger partial charge in [-0.1, -0.05) is 23.5 Å². The van der Waals surface area contributed by atoms with Gasteiger partial charge in [0, 0.05) is 87.8 Å². The number of rotatable bonds is 26. The van der Waals surface area contributed by atoms with Gasteiger partial charge >= 0.3 is 17.6 Å². The zero-order valence-electron chi connectivity index (χ0n) is 24.8. The average Bonchev–Trinajstić information content (AvgIpc) is 2.89. The highest BCUT2D eigenvalue weighted by atomic mass is 32.2. The van der Waals surface area contributed by atoms with Crippen molar-refractivity contribution < 1.29 is 36.1 Å². The summed E-state index contributed by atoms with van der Waals surface area (Å²) in [5.74, 6) is 3.17. The van der Waals surface area contributed by atoms with E-state index in [4.69, 9.17) is 26.6 Å². The molecule has 0 aromatic rings. The summed E-state index contributed by atoms with van der Waals surface area (Å²) in [4.78, 5) is 24.2. The molecule has 0 aromatic heterocycles. The lowest BCUT2D eigenvalue weighted by Crippen LogP contribution is -2.46. The van der Waals surface area contributed by atoms with Crippen molar-refractivity contribution in [3.8, 4) is 0 Å². The molecule has 0 saturated carbocycles. The molecular weight excluding hydrogens is 597 g/mol. The molecule has 0 spiro atoms. The zero-order chi connectivity index (χ0) is 29.2. The normalized spacial score (nSPS) is 12.1. The van der Waals surface area contributed by atoms with Crippen molar-refractivity contribution in [1.82, 2.24) is 10.6 Å². The first-order valence-corrected chi connectivity index (χ1v) is 21.1. The molecule has 0 saturated heterocycles. The Morgan fingerprint density at radius 1 is 0.538 bits per heavy atom. The third-order valence-corrected chi connectivity index (χ3v) is 14.4. The summed E-state index contributed by atoms with van der Waals surface area (Å²) in [7, 11) is -5.30. The summed E-state index contributed by atoms with van der Waals surface area (Å²) in [6.07, 6.45) is 1.50. The third kappa shape index (κ3) is 19.9. The lowest BCUT2D eigenvalue weighted by atomic mass is 10.5. The average molecular weight is 649 g/mol.